The highest BCUT2D eigenvalue weighted by atomic mass is 35.5. The lowest BCUT2D eigenvalue weighted by atomic mass is 10.3. The van der Waals surface area contributed by atoms with E-state index in [9.17, 15) is 10.1 Å². The molecule has 2 rings (SSSR count). The van der Waals surface area contributed by atoms with Gasteiger partial charge in [-0.05, 0) is 6.07 Å². The molecule has 0 aliphatic heterocycles. The molecule has 4 nitrogen and oxygen atoms in total. The van der Waals surface area contributed by atoms with Gasteiger partial charge in [0, 0.05) is 18.2 Å². The number of rotatable bonds is 3. The van der Waals surface area contributed by atoms with Gasteiger partial charge in [-0.3, -0.25) is 10.1 Å². The zero-order valence-corrected chi connectivity index (χ0v) is 13.7. The average Bonchev–Trinajstić information content (AvgIpc) is 2.39. The average molecular weight is 387 g/mol. The fourth-order valence-electron chi connectivity index (χ4n) is 1.44. The molecule has 0 saturated carbocycles. The summed E-state index contributed by atoms with van der Waals surface area (Å²) in [5.74, 6) is -0.0118. The fraction of sp³-hybridized carbons (Fsp3) is 0. The Labute approximate surface area is 144 Å². The van der Waals surface area contributed by atoms with E-state index in [2.05, 4.69) is 0 Å². The lowest BCUT2D eigenvalue weighted by Crippen LogP contribution is -1.94. The molecule has 9 heteroatoms. The molecule has 0 heterocycles. The quantitative estimate of drug-likeness (QED) is 0.336. The van der Waals surface area contributed by atoms with E-state index in [1.165, 1.54) is 18.2 Å². The Bertz CT molecular complexity index is 735. The summed E-state index contributed by atoms with van der Waals surface area (Å²) in [5, 5.41) is 11.7. The summed E-state index contributed by atoms with van der Waals surface area (Å²) in [7, 11) is 0. The van der Waals surface area contributed by atoms with E-state index in [1.54, 1.807) is 0 Å². The normalized spacial score (nSPS) is 10.5. The second-order valence-corrected chi connectivity index (χ2v) is 5.83. The first-order valence-electron chi connectivity index (χ1n) is 5.25. The summed E-state index contributed by atoms with van der Waals surface area (Å²) < 4.78 is 5.41. The third-order valence-corrected chi connectivity index (χ3v) is 4.13. The van der Waals surface area contributed by atoms with Crippen molar-refractivity contribution in [3.8, 4) is 11.5 Å². The van der Waals surface area contributed by atoms with Crippen LogP contribution in [0.1, 0.15) is 0 Å². The van der Waals surface area contributed by atoms with Gasteiger partial charge < -0.3 is 4.74 Å². The van der Waals surface area contributed by atoms with Crippen LogP contribution in [0.15, 0.2) is 24.3 Å². The maximum absolute atomic E-state index is 11.0. The molecule has 0 aliphatic carbocycles. The molecule has 0 bridgehead atoms. The minimum atomic E-state index is -0.650. The number of hydrogen-bond acceptors (Lipinski definition) is 3. The van der Waals surface area contributed by atoms with Gasteiger partial charge >= 0.3 is 5.69 Å². The number of nitrogens with zero attached hydrogens (tertiary/aromatic N) is 1. The Morgan fingerprint density at radius 3 is 1.81 bits per heavy atom. The summed E-state index contributed by atoms with van der Waals surface area (Å²) in [6.45, 7) is 0. The Morgan fingerprint density at radius 1 is 0.762 bits per heavy atom. The highest BCUT2D eigenvalue weighted by molar-refractivity contribution is 6.43. The van der Waals surface area contributed by atoms with Crippen LogP contribution in [0.3, 0.4) is 0 Å². The van der Waals surface area contributed by atoms with Gasteiger partial charge in [0.2, 0.25) is 5.75 Å². The predicted octanol–water partition coefficient (Wildman–Crippen LogP) is 6.65. The van der Waals surface area contributed by atoms with Crippen LogP contribution >= 0.6 is 58.0 Å². The van der Waals surface area contributed by atoms with Crippen molar-refractivity contribution in [1.82, 2.24) is 0 Å². The van der Waals surface area contributed by atoms with Gasteiger partial charge in [-0.15, -0.1) is 0 Å². The van der Waals surface area contributed by atoms with Crippen LogP contribution in [0, 0.1) is 10.1 Å². The summed E-state index contributed by atoms with van der Waals surface area (Å²) in [6.07, 6.45) is 0. The van der Waals surface area contributed by atoms with Crippen LogP contribution in [0.5, 0.6) is 11.5 Å². The number of nitro benzene ring substituents is 1. The minimum absolute atomic E-state index is 0.0379. The van der Waals surface area contributed by atoms with Crippen molar-refractivity contribution in [2.45, 2.75) is 0 Å². The molecule has 0 unspecified atom stereocenters. The van der Waals surface area contributed by atoms with Gasteiger partial charge in [0.25, 0.3) is 0 Å². The van der Waals surface area contributed by atoms with Gasteiger partial charge in [0.05, 0.1) is 30.0 Å². The van der Waals surface area contributed by atoms with Crippen LogP contribution in [-0.2, 0) is 0 Å². The highest BCUT2D eigenvalue weighted by Gasteiger charge is 2.20. The first-order chi connectivity index (χ1) is 9.79. The largest absolute Gasteiger partial charge is 0.448 e. The van der Waals surface area contributed by atoms with Crippen molar-refractivity contribution in [3.05, 3.63) is 59.5 Å². The van der Waals surface area contributed by atoms with E-state index < -0.39 is 4.92 Å². The molecule has 0 amide bonds. The van der Waals surface area contributed by atoms with E-state index in [0.717, 1.165) is 6.07 Å². The van der Waals surface area contributed by atoms with Crippen molar-refractivity contribution in [1.29, 1.82) is 0 Å². The summed E-state index contributed by atoms with van der Waals surface area (Å²) in [5.41, 5.74) is -0.355. The van der Waals surface area contributed by atoms with E-state index in [-0.39, 0.29) is 42.3 Å². The van der Waals surface area contributed by atoms with Crippen LogP contribution in [0.25, 0.3) is 0 Å². The van der Waals surface area contributed by atoms with E-state index in [1.807, 2.05) is 0 Å². The molecule has 0 radical (unpaired) electrons. The molecule has 110 valence electrons. The SMILES string of the molecule is O=[N+]([O-])c1cc(Cl)c(Cl)cc1Oc1cc(Cl)c(Cl)cc1Cl. The van der Waals surface area contributed by atoms with E-state index >= 15 is 0 Å². The Hall–Kier alpha value is -0.910. The molecule has 0 atom stereocenters. The zero-order valence-electron chi connectivity index (χ0n) is 9.87. The van der Waals surface area contributed by atoms with Crippen LogP contribution in [0.2, 0.25) is 25.1 Å². The van der Waals surface area contributed by atoms with Crippen molar-refractivity contribution >= 4 is 63.7 Å². The van der Waals surface area contributed by atoms with Crippen molar-refractivity contribution in [2.75, 3.05) is 0 Å². The van der Waals surface area contributed by atoms with Crippen molar-refractivity contribution in [2.24, 2.45) is 0 Å². The molecular formula is C12H4Cl5NO3. The standard InChI is InChI=1S/C12H4Cl5NO3/c13-5-1-9(17)11(3-7(5)15)21-12-4-8(16)6(14)2-10(12)18(19)20/h1-4H. The molecular weight excluding hydrogens is 383 g/mol. The Balaban J connectivity index is 2.51. The third-order valence-electron chi connectivity index (χ3n) is 2.39. The van der Waals surface area contributed by atoms with Crippen LogP contribution in [-0.4, -0.2) is 4.92 Å². The maximum atomic E-state index is 11.0. The molecule has 0 spiro atoms. The number of benzene rings is 2. The monoisotopic (exact) mass is 385 g/mol. The second-order valence-electron chi connectivity index (χ2n) is 3.79. The van der Waals surface area contributed by atoms with Gasteiger partial charge in [0.1, 0.15) is 5.75 Å². The Kier molecular flexibility index (Phi) is 5.07. The van der Waals surface area contributed by atoms with Crippen molar-refractivity contribution < 1.29 is 9.66 Å². The highest BCUT2D eigenvalue weighted by Crippen LogP contribution is 2.41. The predicted molar refractivity (Wildman–Crippen MR) is 84.7 cm³/mol. The molecule has 0 saturated heterocycles. The lowest BCUT2D eigenvalue weighted by Gasteiger charge is -2.10. The maximum Gasteiger partial charge on any atom is 0.313 e. The molecule has 0 aliphatic rings. The topological polar surface area (TPSA) is 52.4 Å². The molecule has 0 fully saturated rings. The first-order valence-corrected chi connectivity index (χ1v) is 7.14. The van der Waals surface area contributed by atoms with Crippen molar-refractivity contribution in [3.63, 3.8) is 0 Å². The summed E-state index contributed by atoms with van der Waals surface area (Å²) in [6, 6.07) is 5.02. The smallest absolute Gasteiger partial charge is 0.313 e. The molecule has 21 heavy (non-hydrogen) atoms. The van der Waals surface area contributed by atoms with Crippen LogP contribution in [0.4, 0.5) is 5.69 Å². The second kappa shape index (κ2) is 6.46. The van der Waals surface area contributed by atoms with Gasteiger partial charge in [-0.2, -0.15) is 0 Å². The number of nitro groups is 1. The van der Waals surface area contributed by atoms with Gasteiger partial charge in [0.15, 0.2) is 0 Å². The fourth-order valence-corrected chi connectivity index (χ4v) is 2.33. The van der Waals surface area contributed by atoms with Gasteiger partial charge in [-0.25, -0.2) is 0 Å². The number of hydrogen-bond donors (Lipinski definition) is 0. The molecule has 0 N–H and O–H groups in total. The number of ether oxygens (including phenoxy) is 1. The van der Waals surface area contributed by atoms with Crippen LogP contribution < -0.4 is 4.74 Å². The van der Waals surface area contributed by atoms with E-state index in [0.29, 0.717) is 0 Å². The first kappa shape index (κ1) is 16.5. The Morgan fingerprint density at radius 2 is 1.24 bits per heavy atom. The molecule has 0 aromatic heterocycles. The molecule has 2 aromatic rings. The third kappa shape index (κ3) is 3.65. The lowest BCUT2D eigenvalue weighted by molar-refractivity contribution is -0.385. The molecule has 2 aromatic carbocycles. The van der Waals surface area contributed by atoms with Gasteiger partial charge in [-0.1, -0.05) is 58.0 Å². The summed E-state index contributed by atoms with van der Waals surface area (Å²) in [4.78, 5) is 10.4. The van der Waals surface area contributed by atoms with E-state index in [4.69, 9.17) is 62.7 Å². The minimum Gasteiger partial charge on any atom is -0.448 e. The zero-order chi connectivity index (χ0) is 15.7. The number of halogens is 5. The summed E-state index contributed by atoms with van der Waals surface area (Å²) >= 11 is 29.2.